The predicted octanol–water partition coefficient (Wildman–Crippen LogP) is 3.89. The van der Waals surface area contributed by atoms with Gasteiger partial charge in [-0.3, -0.25) is 4.99 Å². The second-order valence-electron chi connectivity index (χ2n) is 8.93. The van der Waals surface area contributed by atoms with E-state index in [2.05, 4.69) is 28.9 Å². The maximum absolute atomic E-state index is 13.0. The zero-order valence-corrected chi connectivity index (χ0v) is 21.7. The molecule has 1 aromatic carbocycles. The van der Waals surface area contributed by atoms with Crippen molar-refractivity contribution in [3.05, 3.63) is 28.8 Å². The third-order valence-electron chi connectivity index (χ3n) is 5.84. The number of amides is 2. The van der Waals surface area contributed by atoms with E-state index in [0.29, 0.717) is 30.3 Å². The molecule has 1 atom stereocenters. The largest absolute Gasteiger partial charge is 0.366 e. The van der Waals surface area contributed by atoms with Gasteiger partial charge < -0.3 is 15.3 Å². The summed E-state index contributed by atoms with van der Waals surface area (Å²) in [6, 6.07) is 3.58. The monoisotopic (exact) mass is 516 g/mol. The lowest BCUT2D eigenvalue weighted by molar-refractivity contribution is -0.0455. The van der Waals surface area contributed by atoms with E-state index in [9.17, 15) is 18.3 Å². The fourth-order valence-corrected chi connectivity index (χ4v) is 6.80. The summed E-state index contributed by atoms with van der Waals surface area (Å²) in [6.45, 7) is 7.18. The molecule has 3 rings (SSSR count). The van der Waals surface area contributed by atoms with Crippen LogP contribution in [0.1, 0.15) is 58.4 Å². The number of nitrogens with one attached hydrogen (secondary N) is 2. The number of hydrogen-bond donors (Lipinski definition) is 3. The van der Waals surface area contributed by atoms with Gasteiger partial charge in [-0.1, -0.05) is 62.5 Å². The van der Waals surface area contributed by atoms with E-state index in [4.69, 9.17) is 11.6 Å². The molecule has 1 saturated heterocycles. The number of hydrogen-bond acceptors (Lipinski definition) is 6. The smallest absolute Gasteiger partial charge is 0.328 e. The Labute approximate surface area is 205 Å². The maximum atomic E-state index is 13.0. The highest BCUT2D eigenvalue weighted by atomic mass is 35.5. The van der Waals surface area contributed by atoms with Crippen molar-refractivity contribution in [1.82, 2.24) is 14.9 Å². The van der Waals surface area contributed by atoms with Crippen LogP contribution >= 0.6 is 23.4 Å². The van der Waals surface area contributed by atoms with Crippen LogP contribution in [-0.2, 0) is 15.7 Å². The number of sulfonamides is 1. The average molecular weight is 517 g/mol. The highest BCUT2D eigenvalue weighted by molar-refractivity contribution is 8.14. The van der Waals surface area contributed by atoms with Gasteiger partial charge in [-0.25, -0.2) is 17.9 Å². The van der Waals surface area contributed by atoms with Crippen molar-refractivity contribution >= 4 is 44.6 Å². The van der Waals surface area contributed by atoms with Gasteiger partial charge in [-0.2, -0.15) is 0 Å². The van der Waals surface area contributed by atoms with Crippen LogP contribution in [0.15, 0.2) is 28.1 Å². The van der Waals surface area contributed by atoms with Gasteiger partial charge in [-0.15, -0.1) is 0 Å². The van der Waals surface area contributed by atoms with E-state index in [1.807, 2.05) is 6.92 Å². The lowest BCUT2D eigenvalue weighted by atomic mass is 9.96. The zero-order valence-electron chi connectivity index (χ0n) is 19.3. The molecule has 1 heterocycles. The molecular formula is C22H33ClN4O4S2. The summed E-state index contributed by atoms with van der Waals surface area (Å²) in [5.41, 5.74) is -1.06. The summed E-state index contributed by atoms with van der Waals surface area (Å²) < 4.78 is 28.0. The molecule has 1 unspecified atom stereocenters. The van der Waals surface area contributed by atoms with Crippen molar-refractivity contribution in [3.63, 3.8) is 0 Å². The van der Waals surface area contributed by atoms with Gasteiger partial charge in [0.1, 0.15) is 4.90 Å². The molecule has 0 radical (unpaired) electrons. The van der Waals surface area contributed by atoms with Gasteiger partial charge in [-0.05, 0) is 37.8 Å². The quantitative estimate of drug-likeness (QED) is 0.507. The number of nitrogens with zero attached hydrogens (tertiary/aromatic N) is 2. The van der Waals surface area contributed by atoms with Crippen molar-refractivity contribution < 1.29 is 18.3 Å². The summed E-state index contributed by atoms with van der Waals surface area (Å²) in [4.78, 5) is 18.5. The summed E-state index contributed by atoms with van der Waals surface area (Å²) >= 11 is 7.65. The Bertz CT molecular complexity index is 996. The topological polar surface area (TPSA) is 111 Å². The third-order valence-corrected chi connectivity index (χ3v) is 8.81. The first kappa shape index (κ1) is 26.1. The number of aliphatic hydroxyl groups is 1. The first-order valence-corrected chi connectivity index (χ1v) is 14.2. The first-order chi connectivity index (χ1) is 15.6. The minimum atomic E-state index is -4.24. The normalized spacial score (nSPS) is 23.3. The number of benzene rings is 1. The Hall–Kier alpha value is -1.49. The number of thioether (sulfide) groups is 1. The Morgan fingerprint density at radius 2 is 2.03 bits per heavy atom. The molecule has 0 spiro atoms. The van der Waals surface area contributed by atoms with Crippen LogP contribution in [0, 0.1) is 5.92 Å². The SMILES string of the molecule is CCN1C(=NCC(C)C)SCC1(O)c1ccc(Cl)c(S(=O)(=O)NC(=O)NC2CCCCC2)c1. The number of urea groups is 1. The molecule has 1 aliphatic heterocycles. The summed E-state index contributed by atoms with van der Waals surface area (Å²) in [6.07, 6.45) is 4.82. The highest BCUT2D eigenvalue weighted by Crippen LogP contribution is 2.40. The van der Waals surface area contributed by atoms with E-state index in [0.717, 1.165) is 37.3 Å². The van der Waals surface area contributed by atoms with Crippen molar-refractivity contribution in [2.75, 3.05) is 18.8 Å². The molecule has 33 heavy (non-hydrogen) atoms. The zero-order chi connectivity index (χ0) is 24.2. The van der Waals surface area contributed by atoms with Gasteiger partial charge in [0.05, 0.1) is 10.8 Å². The Balaban J connectivity index is 1.83. The minimum absolute atomic E-state index is 0.0253. The Morgan fingerprint density at radius 3 is 2.67 bits per heavy atom. The van der Waals surface area contributed by atoms with Crippen LogP contribution < -0.4 is 10.0 Å². The molecular weight excluding hydrogens is 484 g/mol. The number of amidine groups is 1. The van der Waals surface area contributed by atoms with E-state index in [1.165, 1.54) is 23.9 Å². The molecule has 2 amide bonds. The van der Waals surface area contributed by atoms with Crippen LogP contribution in [0.4, 0.5) is 4.79 Å². The number of carbonyl (C=O) groups excluding carboxylic acids is 1. The third kappa shape index (κ3) is 6.15. The molecule has 0 aromatic heterocycles. The Kier molecular flexibility index (Phi) is 8.58. The molecule has 1 aromatic rings. The second kappa shape index (κ2) is 10.8. The average Bonchev–Trinajstić information content (AvgIpc) is 3.09. The molecule has 8 nitrogen and oxygen atoms in total. The van der Waals surface area contributed by atoms with Gasteiger partial charge >= 0.3 is 6.03 Å². The van der Waals surface area contributed by atoms with E-state index in [1.54, 1.807) is 11.0 Å². The van der Waals surface area contributed by atoms with E-state index in [-0.39, 0.29) is 16.0 Å². The second-order valence-corrected chi connectivity index (χ2v) is 11.9. The fourth-order valence-electron chi connectivity index (χ4n) is 4.10. The van der Waals surface area contributed by atoms with Crippen LogP contribution in [0.25, 0.3) is 0 Å². The lowest BCUT2D eigenvalue weighted by Gasteiger charge is -2.34. The van der Waals surface area contributed by atoms with Gasteiger partial charge in [0.25, 0.3) is 10.0 Å². The predicted molar refractivity (Wildman–Crippen MR) is 133 cm³/mol. The van der Waals surface area contributed by atoms with Crippen molar-refractivity contribution in [2.24, 2.45) is 10.9 Å². The van der Waals surface area contributed by atoms with Gasteiger partial charge in [0.15, 0.2) is 10.9 Å². The first-order valence-electron chi connectivity index (χ1n) is 11.4. The lowest BCUT2D eigenvalue weighted by Crippen LogP contribution is -2.46. The molecule has 184 valence electrons. The summed E-state index contributed by atoms with van der Waals surface area (Å²) in [5.74, 6) is 0.678. The molecule has 2 aliphatic rings. The van der Waals surface area contributed by atoms with Crippen LogP contribution in [0.2, 0.25) is 5.02 Å². The van der Waals surface area contributed by atoms with Crippen molar-refractivity contribution in [1.29, 1.82) is 0 Å². The summed E-state index contributed by atoms with van der Waals surface area (Å²) in [5, 5.41) is 15.0. The van der Waals surface area contributed by atoms with Crippen LogP contribution in [0.5, 0.6) is 0 Å². The molecule has 11 heteroatoms. The minimum Gasteiger partial charge on any atom is -0.366 e. The highest BCUT2D eigenvalue weighted by Gasteiger charge is 2.44. The number of carbonyl (C=O) groups is 1. The van der Waals surface area contributed by atoms with Crippen molar-refractivity contribution in [2.45, 2.75) is 69.5 Å². The van der Waals surface area contributed by atoms with Gasteiger partial charge in [0.2, 0.25) is 0 Å². The van der Waals surface area contributed by atoms with Crippen molar-refractivity contribution in [3.8, 4) is 0 Å². The molecule has 1 saturated carbocycles. The molecule has 1 aliphatic carbocycles. The van der Waals surface area contributed by atoms with Crippen LogP contribution in [0.3, 0.4) is 0 Å². The Morgan fingerprint density at radius 1 is 1.33 bits per heavy atom. The molecule has 0 bridgehead atoms. The molecule has 3 N–H and O–H groups in total. The standard InChI is InChI=1S/C22H33ClN4O4S2/c1-4-27-21(24-13-15(2)3)32-14-22(27,29)16-10-11-18(23)19(12-16)33(30,31)26-20(28)25-17-8-6-5-7-9-17/h10-12,15,17,29H,4-9,13-14H2,1-3H3,(H2,25,26,28). The van der Waals surface area contributed by atoms with Crippen LogP contribution in [-0.4, -0.2) is 54.5 Å². The van der Waals surface area contributed by atoms with Gasteiger partial charge in [0, 0.05) is 24.7 Å². The number of aliphatic imine (C=N–C) groups is 1. The number of rotatable bonds is 7. The molecule has 2 fully saturated rings. The maximum Gasteiger partial charge on any atom is 0.328 e. The number of halogens is 1. The van der Waals surface area contributed by atoms with E-state index >= 15 is 0 Å². The summed E-state index contributed by atoms with van der Waals surface area (Å²) in [7, 11) is -4.24. The van der Waals surface area contributed by atoms with E-state index < -0.39 is 21.8 Å². The fraction of sp³-hybridized carbons (Fsp3) is 0.636.